The molecule has 0 saturated heterocycles. The molecule has 0 atom stereocenters. The number of nitrogens with one attached hydrogen (secondary N) is 1. The number of rotatable bonds is 8. The third kappa shape index (κ3) is 4.67. The predicted octanol–water partition coefficient (Wildman–Crippen LogP) is 3.64. The Hall–Kier alpha value is -1.69. The van der Waals surface area contributed by atoms with E-state index in [0.717, 1.165) is 38.2 Å². The molecule has 3 heteroatoms. The minimum absolute atomic E-state index is 0.655. The highest BCUT2D eigenvalue weighted by atomic mass is 15.1. The van der Waals surface area contributed by atoms with Crippen LogP contribution in [0.1, 0.15) is 33.1 Å². The summed E-state index contributed by atoms with van der Waals surface area (Å²) in [7, 11) is 0. The van der Waals surface area contributed by atoms with Crippen LogP contribution in [-0.4, -0.2) is 19.6 Å². The fourth-order valence-corrected chi connectivity index (χ4v) is 1.94. The van der Waals surface area contributed by atoms with Crippen LogP contribution in [-0.2, 0) is 0 Å². The normalized spacial score (nSPS) is 9.83. The molecule has 1 rings (SSSR count). The van der Waals surface area contributed by atoms with Crippen LogP contribution in [0.4, 0.5) is 11.4 Å². The van der Waals surface area contributed by atoms with E-state index < -0.39 is 0 Å². The number of anilines is 2. The van der Waals surface area contributed by atoms with Crippen LogP contribution in [0.25, 0.3) is 0 Å². The zero-order chi connectivity index (χ0) is 13.2. The summed E-state index contributed by atoms with van der Waals surface area (Å²) < 4.78 is 0. The first-order valence-electron chi connectivity index (χ1n) is 6.77. The van der Waals surface area contributed by atoms with Crippen LogP contribution >= 0.6 is 0 Å². The summed E-state index contributed by atoms with van der Waals surface area (Å²) in [6, 6.07) is 10.7. The maximum absolute atomic E-state index is 8.44. The minimum atomic E-state index is 0.655. The van der Waals surface area contributed by atoms with Gasteiger partial charge >= 0.3 is 0 Å². The zero-order valence-electron chi connectivity index (χ0n) is 11.4. The predicted molar refractivity (Wildman–Crippen MR) is 78.0 cm³/mol. The van der Waals surface area contributed by atoms with Crippen molar-refractivity contribution in [2.75, 3.05) is 29.9 Å². The summed E-state index contributed by atoms with van der Waals surface area (Å²) >= 11 is 0. The van der Waals surface area contributed by atoms with E-state index in [-0.39, 0.29) is 0 Å². The van der Waals surface area contributed by atoms with Gasteiger partial charge in [-0.1, -0.05) is 0 Å². The molecule has 0 fully saturated rings. The van der Waals surface area contributed by atoms with Gasteiger partial charge in [0.1, 0.15) is 0 Å². The second-order valence-electron chi connectivity index (χ2n) is 4.26. The van der Waals surface area contributed by atoms with Gasteiger partial charge in [-0.3, -0.25) is 0 Å². The van der Waals surface area contributed by atoms with Crippen LogP contribution < -0.4 is 10.2 Å². The smallest absolute Gasteiger partial charge is 0.0621 e. The third-order valence-electron chi connectivity index (χ3n) is 3.04. The number of nitrogens with zero attached hydrogens (tertiary/aromatic N) is 2. The second-order valence-corrected chi connectivity index (χ2v) is 4.26. The van der Waals surface area contributed by atoms with Crippen LogP contribution in [0.15, 0.2) is 24.3 Å². The van der Waals surface area contributed by atoms with Gasteiger partial charge in [-0.15, -0.1) is 0 Å². The lowest BCUT2D eigenvalue weighted by Gasteiger charge is -2.21. The quantitative estimate of drug-likeness (QED) is 0.711. The van der Waals surface area contributed by atoms with E-state index in [1.165, 1.54) is 5.69 Å². The Kier molecular flexibility index (Phi) is 6.71. The maximum atomic E-state index is 8.44. The molecule has 0 aliphatic rings. The van der Waals surface area contributed by atoms with Crippen molar-refractivity contribution in [1.29, 1.82) is 5.26 Å². The zero-order valence-corrected chi connectivity index (χ0v) is 11.4. The molecular weight excluding hydrogens is 222 g/mol. The molecule has 1 aromatic rings. The first-order chi connectivity index (χ1) is 8.81. The molecule has 3 nitrogen and oxygen atoms in total. The molecule has 0 aromatic heterocycles. The summed E-state index contributed by atoms with van der Waals surface area (Å²) in [6.45, 7) is 7.36. The van der Waals surface area contributed by atoms with E-state index in [4.69, 9.17) is 5.26 Å². The van der Waals surface area contributed by atoms with E-state index in [1.54, 1.807) is 0 Å². The molecule has 1 aromatic carbocycles. The average molecular weight is 245 g/mol. The molecule has 0 amide bonds. The Labute approximate surface area is 110 Å². The summed E-state index contributed by atoms with van der Waals surface area (Å²) in [5.41, 5.74) is 2.43. The SMILES string of the molecule is CCN(CC)c1ccc(NCCCCC#N)cc1. The van der Waals surface area contributed by atoms with Crippen LogP contribution in [0.5, 0.6) is 0 Å². The van der Waals surface area contributed by atoms with Gasteiger partial charge in [-0.2, -0.15) is 5.26 Å². The number of nitriles is 1. The van der Waals surface area contributed by atoms with Crippen LogP contribution in [0, 0.1) is 11.3 Å². The largest absolute Gasteiger partial charge is 0.385 e. The first-order valence-corrected chi connectivity index (χ1v) is 6.77. The highest BCUT2D eigenvalue weighted by Gasteiger charge is 2.00. The van der Waals surface area contributed by atoms with Crippen molar-refractivity contribution in [1.82, 2.24) is 0 Å². The standard InChI is InChI=1S/C15H23N3/c1-3-18(4-2)15-10-8-14(9-11-15)17-13-7-5-6-12-16/h8-11,17H,3-7,13H2,1-2H3. The van der Waals surface area contributed by atoms with Gasteiger partial charge in [0.15, 0.2) is 0 Å². The monoisotopic (exact) mass is 245 g/mol. The Balaban J connectivity index is 2.38. The molecule has 0 aliphatic heterocycles. The molecule has 1 N–H and O–H groups in total. The van der Waals surface area contributed by atoms with E-state index in [2.05, 4.69) is 54.4 Å². The van der Waals surface area contributed by atoms with Crippen molar-refractivity contribution in [2.24, 2.45) is 0 Å². The summed E-state index contributed by atoms with van der Waals surface area (Å²) in [5.74, 6) is 0. The van der Waals surface area contributed by atoms with E-state index in [0.29, 0.717) is 6.42 Å². The third-order valence-corrected chi connectivity index (χ3v) is 3.04. The molecule has 0 unspecified atom stereocenters. The fraction of sp³-hybridized carbons (Fsp3) is 0.533. The lowest BCUT2D eigenvalue weighted by molar-refractivity contribution is 0.784. The molecule has 0 heterocycles. The lowest BCUT2D eigenvalue weighted by atomic mass is 10.2. The summed E-state index contributed by atoms with van der Waals surface area (Å²) in [4.78, 5) is 2.33. The van der Waals surface area contributed by atoms with Crippen molar-refractivity contribution in [3.63, 3.8) is 0 Å². The van der Waals surface area contributed by atoms with Crippen LogP contribution in [0.2, 0.25) is 0 Å². The molecular formula is C15H23N3. The van der Waals surface area contributed by atoms with Gasteiger partial charge in [0.25, 0.3) is 0 Å². The van der Waals surface area contributed by atoms with Crippen molar-refractivity contribution in [3.8, 4) is 6.07 Å². The second kappa shape index (κ2) is 8.41. The number of hydrogen-bond acceptors (Lipinski definition) is 3. The lowest BCUT2D eigenvalue weighted by Crippen LogP contribution is -2.21. The van der Waals surface area contributed by atoms with Crippen molar-refractivity contribution in [2.45, 2.75) is 33.1 Å². The molecule has 0 radical (unpaired) electrons. The van der Waals surface area contributed by atoms with Gasteiger partial charge in [-0.25, -0.2) is 0 Å². The van der Waals surface area contributed by atoms with E-state index >= 15 is 0 Å². The summed E-state index contributed by atoms with van der Waals surface area (Å²) in [6.07, 6.45) is 2.68. The molecule has 0 saturated carbocycles. The maximum Gasteiger partial charge on any atom is 0.0621 e. The first kappa shape index (κ1) is 14.4. The van der Waals surface area contributed by atoms with Gasteiger partial charge in [0.05, 0.1) is 6.07 Å². The molecule has 0 aliphatic carbocycles. The number of hydrogen-bond donors (Lipinski definition) is 1. The highest BCUT2D eigenvalue weighted by Crippen LogP contribution is 2.17. The van der Waals surface area contributed by atoms with Crippen molar-refractivity contribution >= 4 is 11.4 Å². The fourth-order valence-electron chi connectivity index (χ4n) is 1.94. The Morgan fingerprint density at radius 2 is 1.78 bits per heavy atom. The van der Waals surface area contributed by atoms with E-state index in [1.807, 2.05) is 0 Å². The van der Waals surface area contributed by atoms with Crippen molar-refractivity contribution < 1.29 is 0 Å². The van der Waals surface area contributed by atoms with Crippen LogP contribution in [0.3, 0.4) is 0 Å². The minimum Gasteiger partial charge on any atom is -0.385 e. The van der Waals surface area contributed by atoms with Gasteiger partial charge in [0, 0.05) is 37.4 Å². The highest BCUT2D eigenvalue weighted by molar-refractivity contribution is 5.54. The number of benzene rings is 1. The van der Waals surface area contributed by atoms with E-state index in [9.17, 15) is 0 Å². The Bertz CT molecular complexity index is 360. The van der Waals surface area contributed by atoms with Crippen molar-refractivity contribution in [3.05, 3.63) is 24.3 Å². The Morgan fingerprint density at radius 3 is 2.33 bits per heavy atom. The molecule has 18 heavy (non-hydrogen) atoms. The molecule has 0 bridgehead atoms. The molecule has 98 valence electrons. The average Bonchev–Trinajstić information content (AvgIpc) is 2.41. The van der Waals surface area contributed by atoms with Gasteiger partial charge < -0.3 is 10.2 Å². The molecule has 0 spiro atoms. The van der Waals surface area contributed by atoms with Gasteiger partial charge in [-0.05, 0) is 51.0 Å². The number of unbranched alkanes of at least 4 members (excludes halogenated alkanes) is 2. The van der Waals surface area contributed by atoms with Gasteiger partial charge in [0.2, 0.25) is 0 Å². The summed E-state index contributed by atoms with van der Waals surface area (Å²) in [5, 5.41) is 11.8. The Morgan fingerprint density at radius 1 is 1.11 bits per heavy atom. The topological polar surface area (TPSA) is 39.1 Å².